The molecule has 2 saturated carbocycles. The second kappa shape index (κ2) is 6.91. The molecule has 2 rings (SSSR count). The monoisotopic (exact) mass is 253 g/mol. The van der Waals surface area contributed by atoms with Crippen LogP contribution in [0.1, 0.15) is 71.6 Å². The Morgan fingerprint density at radius 2 is 1.72 bits per heavy atom. The van der Waals surface area contributed by atoms with E-state index in [-0.39, 0.29) is 5.60 Å². The largest absolute Gasteiger partial charge is 0.370 e. The van der Waals surface area contributed by atoms with Crippen LogP contribution in [-0.2, 0) is 4.74 Å². The molecule has 0 bridgehead atoms. The molecular weight excluding hydrogens is 222 g/mol. The number of rotatable bonds is 5. The van der Waals surface area contributed by atoms with Gasteiger partial charge in [-0.25, -0.2) is 0 Å². The maximum Gasteiger partial charge on any atom is 0.0810 e. The molecule has 2 heteroatoms. The lowest BCUT2D eigenvalue weighted by molar-refractivity contribution is -0.126. The van der Waals surface area contributed by atoms with E-state index in [1.807, 2.05) is 0 Å². The maximum atomic E-state index is 6.61. The quantitative estimate of drug-likeness (QED) is 0.802. The lowest BCUT2D eigenvalue weighted by atomic mass is 9.79. The Labute approximate surface area is 113 Å². The highest BCUT2D eigenvalue weighted by Crippen LogP contribution is 2.37. The molecule has 0 amide bonds. The fraction of sp³-hybridized carbons (Fsp3) is 1.00. The van der Waals surface area contributed by atoms with E-state index in [1.165, 1.54) is 57.8 Å². The van der Waals surface area contributed by atoms with Crippen LogP contribution in [0.4, 0.5) is 0 Å². The molecule has 2 nitrogen and oxygen atoms in total. The average molecular weight is 253 g/mol. The molecular formula is C16H31NO. The molecule has 18 heavy (non-hydrogen) atoms. The Balaban J connectivity index is 1.90. The second-order valence-electron chi connectivity index (χ2n) is 6.52. The number of hydrogen-bond acceptors (Lipinski definition) is 2. The van der Waals surface area contributed by atoms with Gasteiger partial charge in [0.05, 0.1) is 11.7 Å². The van der Waals surface area contributed by atoms with Crippen LogP contribution in [-0.4, -0.2) is 24.8 Å². The molecule has 0 heterocycles. The smallest absolute Gasteiger partial charge is 0.0810 e. The zero-order valence-electron chi connectivity index (χ0n) is 12.3. The lowest BCUT2D eigenvalue weighted by Crippen LogP contribution is -2.48. The first-order valence-electron chi connectivity index (χ1n) is 8.13. The normalized spacial score (nSPS) is 34.7. The van der Waals surface area contributed by atoms with Crippen molar-refractivity contribution in [3.05, 3.63) is 0 Å². The number of hydrogen-bond donors (Lipinski definition) is 1. The Bertz CT molecular complexity index is 222. The van der Waals surface area contributed by atoms with Crippen molar-refractivity contribution in [2.24, 2.45) is 5.92 Å². The van der Waals surface area contributed by atoms with Crippen LogP contribution < -0.4 is 5.32 Å². The zero-order valence-corrected chi connectivity index (χ0v) is 12.3. The molecule has 0 aromatic heterocycles. The highest BCUT2D eigenvalue weighted by atomic mass is 16.5. The summed E-state index contributed by atoms with van der Waals surface area (Å²) in [5.41, 5.74) is 0.157. The van der Waals surface area contributed by atoms with Crippen molar-refractivity contribution >= 4 is 0 Å². The molecule has 0 radical (unpaired) electrons. The van der Waals surface area contributed by atoms with E-state index in [9.17, 15) is 0 Å². The number of nitrogens with one attached hydrogen (secondary N) is 1. The van der Waals surface area contributed by atoms with Gasteiger partial charge in [-0.3, -0.25) is 0 Å². The van der Waals surface area contributed by atoms with Gasteiger partial charge in [0.2, 0.25) is 0 Å². The van der Waals surface area contributed by atoms with E-state index < -0.39 is 0 Å². The van der Waals surface area contributed by atoms with E-state index in [0.717, 1.165) is 19.0 Å². The minimum Gasteiger partial charge on any atom is -0.370 e. The molecule has 0 aromatic rings. The summed E-state index contributed by atoms with van der Waals surface area (Å²) in [6.45, 7) is 6.70. The third kappa shape index (κ3) is 3.96. The van der Waals surface area contributed by atoms with Crippen molar-refractivity contribution in [1.82, 2.24) is 5.32 Å². The Kier molecular flexibility index (Phi) is 5.50. The standard InChI is InChI=1S/C16H31NO/c1-3-17-13-16(11-9-14(2)10-12-16)18-15-7-5-4-6-8-15/h14-15,17H,3-13H2,1-2H3. The summed E-state index contributed by atoms with van der Waals surface area (Å²) in [4.78, 5) is 0. The predicted molar refractivity (Wildman–Crippen MR) is 76.9 cm³/mol. The SMILES string of the molecule is CCNCC1(OC2CCCCC2)CCC(C)CC1. The highest BCUT2D eigenvalue weighted by molar-refractivity contribution is 4.90. The van der Waals surface area contributed by atoms with Crippen molar-refractivity contribution < 1.29 is 4.74 Å². The van der Waals surface area contributed by atoms with Crippen molar-refractivity contribution in [2.45, 2.75) is 83.3 Å². The molecule has 0 unspecified atom stereocenters. The van der Waals surface area contributed by atoms with Crippen LogP contribution in [0.15, 0.2) is 0 Å². The number of likely N-dealkylation sites (N-methyl/N-ethyl adjacent to an activating group) is 1. The fourth-order valence-electron chi connectivity index (χ4n) is 3.51. The summed E-state index contributed by atoms with van der Waals surface area (Å²) in [7, 11) is 0. The first-order valence-corrected chi connectivity index (χ1v) is 8.13. The van der Waals surface area contributed by atoms with Crippen LogP contribution in [0.3, 0.4) is 0 Å². The van der Waals surface area contributed by atoms with E-state index >= 15 is 0 Å². The molecule has 0 aliphatic heterocycles. The lowest BCUT2D eigenvalue weighted by Gasteiger charge is -2.43. The Hall–Kier alpha value is -0.0800. The van der Waals surface area contributed by atoms with E-state index in [2.05, 4.69) is 19.2 Å². The van der Waals surface area contributed by atoms with Gasteiger partial charge in [0.1, 0.15) is 0 Å². The predicted octanol–water partition coefficient (Wildman–Crippen LogP) is 3.89. The Morgan fingerprint density at radius 1 is 1.06 bits per heavy atom. The molecule has 106 valence electrons. The molecule has 2 aliphatic carbocycles. The molecule has 2 aliphatic rings. The van der Waals surface area contributed by atoms with Gasteiger partial charge in [-0.15, -0.1) is 0 Å². The summed E-state index contributed by atoms with van der Waals surface area (Å²) < 4.78 is 6.61. The van der Waals surface area contributed by atoms with Crippen molar-refractivity contribution in [3.63, 3.8) is 0 Å². The summed E-state index contributed by atoms with van der Waals surface area (Å²) >= 11 is 0. The van der Waals surface area contributed by atoms with Crippen LogP contribution >= 0.6 is 0 Å². The molecule has 2 fully saturated rings. The van der Waals surface area contributed by atoms with Gasteiger partial charge in [0.15, 0.2) is 0 Å². The molecule has 0 spiro atoms. The summed E-state index contributed by atoms with van der Waals surface area (Å²) in [6.07, 6.45) is 12.5. The minimum atomic E-state index is 0.157. The van der Waals surface area contributed by atoms with Gasteiger partial charge >= 0.3 is 0 Å². The van der Waals surface area contributed by atoms with Crippen LogP contribution in [0.25, 0.3) is 0 Å². The van der Waals surface area contributed by atoms with E-state index in [4.69, 9.17) is 4.74 Å². The average Bonchev–Trinajstić information content (AvgIpc) is 2.41. The van der Waals surface area contributed by atoms with Crippen LogP contribution in [0.2, 0.25) is 0 Å². The molecule has 0 saturated heterocycles. The second-order valence-corrected chi connectivity index (χ2v) is 6.52. The van der Waals surface area contributed by atoms with Gasteiger partial charge in [-0.05, 0) is 51.0 Å². The van der Waals surface area contributed by atoms with Gasteiger partial charge in [0, 0.05) is 6.54 Å². The minimum absolute atomic E-state index is 0.157. The highest BCUT2D eigenvalue weighted by Gasteiger charge is 2.37. The first kappa shape index (κ1) is 14.3. The topological polar surface area (TPSA) is 21.3 Å². The summed E-state index contributed by atoms with van der Waals surface area (Å²) in [5, 5.41) is 3.54. The maximum absolute atomic E-state index is 6.61. The van der Waals surface area contributed by atoms with E-state index in [1.54, 1.807) is 0 Å². The summed E-state index contributed by atoms with van der Waals surface area (Å²) in [5.74, 6) is 0.898. The number of ether oxygens (including phenoxy) is 1. The summed E-state index contributed by atoms with van der Waals surface area (Å²) in [6, 6.07) is 0. The third-order valence-corrected chi connectivity index (χ3v) is 4.85. The molecule has 1 N–H and O–H groups in total. The first-order chi connectivity index (χ1) is 8.74. The van der Waals surface area contributed by atoms with Crippen LogP contribution in [0.5, 0.6) is 0 Å². The van der Waals surface area contributed by atoms with Crippen molar-refractivity contribution in [2.75, 3.05) is 13.1 Å². The van der Waals surface area contributed by atoms with Gasteiger partial charge < -0.3 is 10.1 Å². The van der Waals surface area contributed by atoms with Gasteiger partial charge in [0.25, 0.3) is 0 Å². The molecule has 0 atom stereocenters. The van der Waals surface area contributed by atoms with E-state index in [0.29, 0.717) is 6.10 Å². The van der Waals surface area contributed by atoms with Crippen molar-refractivity contribution in [3.8, 4) is 0 Å². The zero-order chi connectivity index (χ0) is 12.8. The van der Waals surface area contributed by atoms with Gasteiger partial charge in [-0.1, -0.05) is 33.1 Å². The van der Waals surface area contributed by atoms with Gasteiger partial charge in [-0.2, -0.15) is 0 Å². The Morgan fingerprint density at radius 3 is 2.33 bits per heavy atom. The van der Waals surface area contributed by atoms with Crippen LogP contribution in [0, 0.1) is 5.92 Å². The van der Waals surface area contributed by atoms with Crippen molar-refractivity contribution in [1.29, 1.82) is 0 Å². The fourth-order valence-corrected chi connectivity index (χ4v) is 3.51. The third-order valence-electron chi connectivity index (χ3n) is 4.85. The molecule has 0 aromatic carbocycles.